The Balaban J connectivity index is 2.74. The largest absolute Gasteiger partial charge is 0.492 e. The van der Waals surface area contributed by atoms with Crippen LogP contribution < -0.4 is 4.74 Å². The van der Waals surface area contributed by atoms with E-state index in [4.69, 9.17) is 33.2 Å². The van der Waals surface area contributed by atoms with Gasteiger partial charge in [-0.05, 0) is 18.6 Å². The maximum atomic E-state index is 8.40. The molecule has 0 N–H and O–H groups in total. The molecule has 0 amide bonds. The lowest BCUT2D eigenvalue weighted by atomic mass is 10.2. The van der Waals surface area contributed by atoms with Crippen molar-refractivity contribution in [2.75, 3.05) is 6.61 Å². The summed E-state index contributed by atoms with van der Waals surface area (Å²) in [5, 5.41) is 10.1. The zero-order valence-electron chi connectivity index (χ0n) is 8.47. The predicted octanol–water partition coefficient (Wildman–Crippen LogP) is 4.57. The Bertz CT molecular complexity index is 404. The molecule has 0 aliphatic carbocycles. The second kappa shape index (κ2) is 7.01. The molecule has 0 aromatic heterocycles. The van der Waals surface area contributed by atoms with Gasteiger partial charge in [-0.1, -0.05) is 39.1 Å². The molecule has 0 unspecified atom stereocenters. The molecule has 16 heavy (non-hydrogen) atoms. The molecule has 0 saturated carbocycles. The maximum Gasteiger partial charge on any atom is 0.142 e. The molecule has 0 radical (unpaired) electrons. The highest BCUT2D eigenvalue weighted by atomic mass is 79.9. The molecule has 5 heteroatoms. The van der Waals surface area contributed by atoms with Gasteiger partial charge in [0.25, 0.3) is 0 Å². The Hall–Kier alpha value is -0.430. The first-order valence-corrected chi connectivity index (χ1v) is 6.60. The smallest absolute Gasteiger partial charge is 0.142 e. The summed E-state index contributed by atoms with van der Waals surface area (Å²) in [6, 6.07) is 5.52. The van der Waals surface area contributed by atoms with Crippen molar-refractivity contribution in [2.45, 2.75) is 18.2 Å². The third-order valence-corrected chi connectivity index (χ3v) is 3.01. The van der Waals surface area contributed by atoms with Crippen LogP contribution in [0.4, 0.5) is 0 Å². The molecule has 0 fully saturated rings. The zero-order valence-corrected chi connectivity index (χ0v) is 11.6. The lowest BCUT2D eigenvalue weighted by molar-refractivity contribution is 0.310. The van der Waals surface area contributed by atoms with Crippen LogP contribution in [0.3, 0.4) is 0 Å². The molecule has 0 spiro atoms. The van der Waals surface area contributed by atoms with Gasteiger partial charge in [0.05, 0.1) is 17.7 Å². The van der Waals surface area contributed by atoms with Crippen molar-refractivity contribution >= 4 is 39.1 Å². The summed E-state index contributed by atoms with van der Waals surface area (Å²) >= 11 is 15.3. The average molecular weight is 323 g/mol. The van der Waals surface area contributed by atoms with E-state index in [1.165, 1.54) is 0 Å². The van der Waals surface area contributed by atoms with Crippen molar-refractivity contribution in [1.82, 2.24) is 0 Å². The fraction of sp³-hybridized carbons (Fsp3) is 0.364. The van der Waals surface area contributed by atoms with Crippen LogP contribution in [-0.4, -0.2) is 6.61 Å². The predicted molar refractivity (Wildman–Crippen MR) is 69.4 cm³/mol. The van der Waals surface area contributed by atoms with Crippen molar-refractivity contribution in [3.63, 3.8) is 0 Å². The van der Waals surface area contributed by atoms with E-state index in [0.29, 0.717) is 40.6 Å². The summed E-state index contributed by atoms with van der Waals surface area (Å²) in [6.45, 7) is 0.481. The summed E-state index contributed by atoms with van der Waals surface area (Å²) in [6.07, 6.45) is 1.17. The standard InChI is InChI=1S/C11H10BrCl2NO/c12-7-8-5-9(13)6-10(14)11(8)16-4-2-1-3-15/h5-6H,1-2,4,7H2. The van der Waals surface area contributed by atoms with Crippen LogP contribution in [0.2, 0.25) is 10.0 Å². The fourth-order valence-electron chi connectivity index (χ4n) is 1.20. The van der Waals surface area contributed by atoms with E-state index in [0.717, 1.165) is 5.56 Å². The van der Waals surface area contributed by atoms with Crippen LogP contribution in [0.5, 0.6) is 5.75 Å². The summed E-state index contributed by atoms with van der Waals surface area (Å²) in [5.41, 5.74) is 0.912. The highest BCUT2D eigenvalue weighted by molar-refractivity contribution is 9.08. The molecule has 0 atom stereocenters. The van der Waals surface area contributed by atoms with Gasteiger partial charge in [-0.3, -0.25) is 0 Å². The fourth-order valence-corrected chi connectivity index (χ4v) is 2.21. The number of halogens is 3. The van der Waals surface area contributed by atoms with Gasteiger partial charge < -0.3 is 4.74 Å². The third-order valence-electron chi connectivity index (χ3n) is 1.91. The Labute approximate surface area is 113 Å². The van der Waals surface area contributed by atoms with Gasteiger partial charge in [-0.15, -0.1) is 0 Å². The summed E-state index contributed by atoms with van der Waals surface area (Å²) in [5.74, 6) is 0.640. The highest BCUT2D eigenvalue weighted by Crippen LogP contribution is 2.33. The van der Waals surface area contributed by atoms with Crippen molar-refractivity contribution in [2.24, 2.45) is 0 Å². The van der Waals surface area contributed by atoms with Gasteiger partial charge in [0, 0.05) is 22.3 Å². The molecule has 1 aromatic carbocycles. The molecule has 0 heterocycles. The van der Waals surface area contributed by atoms with Crippen LogP contribution in [0.25, 0.3) is 0 Å². The number of unbranched alkanes of at least 4 members (excludes halogenated alkanes) is 1. The van der Waals surface area contributed by atoms with E-state index >= 15 is 0 Å². The number of rotatable bonds is 5. The van der Waals surface area contributed by atoms with Crippen LogP contribution >= 0.6 is 39.1 Å². The van der Waals surface area contributed by atoms with Crippen LogP contribution in [0.15, 0.2) is 12.1 Å². The minimum absolute atomic E-state index is 0.481. The number of ether oxygens (including phenoxy) is 1. The van der Waals surface area contributed by atoms with Gasteiger partial charge in [-0.2, -0.15) is 5.26 Å². The van der Waals surface area contributed by atoms with Crippen LogP contribution in [0.1, 0.15) is 18.4 Å². The highest BCUT2D eigenvalue weighted by Gasteiger charge is 2.09. The summed E-state index contributed by atoms with van der Waals surface area (Å²) in [4.78, 5) is 0. The topological polar surface area (TPSA) is 33.0 Å². The van der Waals surface area contributed by atoms with E-state index in [9.17, 15) is 0 Å². The third kappa shape index (κ3) is 3.86. The maximum absolute atomic E-state index is 8.40. The minimum Gasteiger partial charge on any atom is -0.492 e. The first-order chi connectivity index (χ1) is 7.69. The molecule has 0 bridgehead atoms. The van der Waals surface area contributed by atoms with Crippen molar-refractivity contribution in [1.29, 1.82) is 5.26 Å². The first-order valence-electron chi connectivity index (χ1n) is 4.72. The second-order valence-corrected chi connectivity index (χ2v) is 4.52. The molecule has 2 nitrogen and oxygen atoms in total. The number of hydrogen-bond acceptors (Lipinski definition) is 2. The summed E-state index contributed by atoms with van der Waals surface area (Å²) < 4.78 is 5.54. The van der Waals surface area contributed by atoms with Gasteiger partial charge in [0.1, 0.15) is 5.75 Å². The molecule has 0 aliphatic heterocycles. The number of hydrogen-bond donors (Lipinski definition) is 0. The van der Waals surface area contributed by atoms with Crippen molar-refractivity contribution in [3.05, 3.63) is 27.7 Å². The van der Waals surface area contributed by atoms with Crippen LogP contribution in [0, 0.1) is 11.3 Å². The van der Waals surface area contributed by atoms with Gasteiger partial charge in [0.2, 0.25) is 0 Å². The quantitative estimate of drug-likeness (QED) is 0.587. The minimum atomic E-state index is 0.481. The molecule has 0 saturated heterocycles. The Morgan fingerprint density at radius 2 is 2.12 bits per heavy atom. The average Bonchev–Trinajstić information content (AvgIpc) is 2.26. The second-order valence-electron chi connectivity index (χ2n) is 3.12. The first kappa shape index (κ1) is 13.6. The van der Waals surface area contributed by atoms with E-state index in [1.807, 2.05) is 6.07 Å². The molecule has 86 valence electrons. The zero-order chi connectivity index (χ0) is 12.0. The molecule has 1 rings (SSSR count). The van der Waals surface area contributed by atoms with Crippen molar-refractivity contribution in [3.8, 4) is 11.8 Å². The van der Waals surface area contributed by atoms with E-state index in [-0.39, 0.29) is 0 Å². The number of nitriles is 1. The number of benzene rings is 1. The van der Waals surface area contributed by atoms with Gasteiger partial charge in [-0.25, -0.2) is 0 Å². The molecular formula is C11H10BrCl2NO. The van der Waals surface area contributed by atoms with E-state index in [2.05, 4.69) is 22.0 Å². The van der Waals surface area contributed by atoms with Gasteiger partial charge in [0.15, 0.2) is 0 Å². The van der Waals surface area contributed by atoms with Crippen LogP contribution in [-0.2, 0) is 5.33 Å². The van der Waals surface area contributed by atoms with Crippen molar-refractivity contribution < 1.29 is 4.74 Å². The summed E-state index contributed by atoms with van der Waals surface area (Å²) in [7, 11) is 0. The lowest BCUT2D eigenvalue weighted by Crippen LogP contribution is -2.00. The Morgan fingerprint density at radius 1 is 1.38 bits per heavy atom. The Kier molecular flexibility index (Phi) is 5.97. The van der Waals surface area contributed by atoms with E-state index in [1.54, 1.807) is 6.07 Å². The molecular weight excluding hydrogens is 313 g/mol. The monoisotopic (exact) mass is 321 g/mol. The SMILES string of the molecule is N#CCCCOc1c(Cl)cc(Cl)cc1CBr. The normalized spacial score (nSPS) is 9.88. The number of nitrogens with zero attached hydrogens (tertiary/aromatic N) is 1. The number of alkyl halides is 1. The lowest BCUT2D eigenvalue weighted by Gasteiger charge is -2.11. The molecule has 1 aromatic rings. The molecule has 0 aliphatic rings. The Morgan fingerprint density at radius 3 is 2.75 bits per heavy atom. The van der Waals surface area contributed by atoms with Gasteiger partial charge >= 0.3 is 0 Å². The van der Waals surface area contributed by atoms with E-state index < -0.39 is 0 Å².